The number of halogens is 3. The number of rotatable bonds is 7. The Morgan fingerprint density at radius 2 is 1.91 bits per heavy atom. The van der Waals surface area contributed by atoms with E-state index in [4.69, 9.17) is 5.11 Å². The van der Waals surface area contributed by atoms with E-state index in [1.54, 1.807) is 0 Å². The molecule has 0 aliphatic rings. The van der Waals surface area contributed by atoms with Crippen LogP contribution >= 0.6 is 0 Å². The van der Waals surface area contributed by atoms with E-state index in [2.05, 4.69) is 10.1 Å². The van der Waals surface area contributed by atoms with Gasteiger partial charge in [0.2, 0.25) is 5.91 Å². The van der Waals surface area contributed by atoms with E-state index in [1.165, 1.54) is 32.2 Å². The number of carbonyl (C=O) groups excluding carboxylic acids is 1. The van der Waals surface area contributed by atoms with Gasteiger partial charge in [-0.15, -0.1) is 0 Å². The van der Waals surface area contributed by atoms with Crippen molar-refractivity contribution in [1.29, 1.82) is 0 Å². The molecule has 2 atom stereocenters. The van der Waals surface area contributed by atoms with Gasteiger partial charge in [-0.05, 0) is 17.5 Å². The standard InChI is InChI=1S/C15H18F3NO4/c1-9(7-13(20)19-12(8-23-2)14(21)22)10-5-3-4-6-11(10)15(16,17)18/h3-6,9,12H,7-8H2,1-2H3,(H,19,20)(H,21,22). The van der Waals surface area contributed by atoms with Gasteiger partial charge in [-0.1, -0.05) is 25.1 Å². The van der Waals surface area contributed by atoms with E-state index in [9.17, 15) is 22.8 Å². The lowest BCUT2D eigenvalue weighted by atomic mass is 9.92. The largest absolute Gasteiger partial charge is 0.480 e. The predicted molar refractivity (Wildman–Crippen MR) is 75.9 cm³/mol. The normalized spacial score (nSPS) is 14.1. The average Bonchev–Trinajstić information content (AvgIpc) is 2.45. The Bertz CT molecular complexity index is 560. The van der Waals surface area contributed by atoms with Crippen LogP contribution in [-0.2, 0) is 20.5 Å². The topological polar surface area (TPSA) is 75.6 Å². The molecule has 0 bridgehead atoms. The summed E-state index contributed by atoms with van der Waals surface area (Å²) in [7, 11) is 1.28. The number of hydrogen-bond acceptors (Lipinski definition) is 3. The number of carbonyl (C=O) groups is 2. The second kappa shape index (κ2) is 7.96. The molecule has 128 valence electrons. The molecule has 0 radical (unpaired) electrons. The summed E-state index contributed by atoms with van der Waals surface area (Å²) in [5.74, 6) is -2.65. The molecule has 8 heteroatoms. The molecule has 0 saturated carbocycles. The Morgan fingerprint density at radius 3 is 2.43 bits per heavy atom. The number of alkyl halides is 3. The third kappa shape index (κ3) is 5.55. The number of amides is 1. The molecule has 0 fully saturated rings. The molecule has 0 aliphatic carbocycles. The number of nitrogens with one attached hydrogen (secondary N) is 1. The highest BCUT2D eigenvalue weighted by molar-refractivity contribution is 5.84. The molecule has 2 unspecified atom stereocenters. The zero-order valence-electron chi connectivity index (χ0n) is 12.7. The minimum Gasteiger partial charge on any atom is -0.480 e. The maximum absolute atomic E-state index is 13.0. The van der Waals surface area contributed by atoms with E-state index < -0.39 is 35.6 Å². The van der Waals surface area contributed by atoms with Crippen LogP contribution in [0.5, 0.6) is 0 Å². The number of methoxy groups -OCH3 is 1. The van der Waals surface area contributed by atoms with Crippen LogP contribution in [0.3, 0.4) is 0 Å². The van der Waals surface area contributed by atoms with E-state index in [1.807, 2.05) is 0 Å². The second-order valence-electron chi connectivity index (χ2n) is 5.10. The highest BCUT2D eigenvalue weighted by Crippen LogP contribution is 2.35. The number of ether oxygens (including phenoxy) is 1. The summed E-state index contributed by atoms with van der Waals surface area (Å²) in [5.41, 5.74) is -0.805. The van der Waals surface area contributed by atoms with Crippen LogP contribution in [0.1, 0.15) is 30.4 Å². The van der Waals surface area contributed by atoms with E-state index in [-0.39, 0.29) is 18.6 Å². The van der Waals surface area contributed by atoms with Gasteiger partial charge in [0.25, 0.3) is 0 Å². The van der Waals surface area contributed by atoms with Gasteiger partial charge in [0.05, 0.1) is 12.2 Å². The molecule has 5 nitrogen and oxygen atoms in total. The van der Waals surface area contributed by atoms with Crippen molar-refractivity contribution < 1.29 is 32.6 Å². The molecule has 2 N–H and O–H groups in total. The molecule has 0 aliphatic heterocycles. The zero-order chi connectivity index (χ0) is 17.6. The average molecular weight is 333 g/mol. The lowest BCUT2D eigenvalue weighted by Gasteiger charge is -2.19. The summed E-state index contributed by atoms with van der Waals surface area (Å²) in [6.45, 7) is 1.25. The molecule has 1 amide bonds. The van der Waals surface area contributed by atoms with Gasteiger partial charge in [0.1, 0.15) is 0 Å². The van der Waals surface area contributed by atoms with Crippen molar-refractivity contribution in [3.63, 3.8) is 0 Å². The van der Waals surface area contributed by atoms with Crippen molar-refractivity contribution in [1.82, 2.24) is 5.32 Å². The van der Waals surface area contributed by atoms with E-state index >= 15 is 0 Å². The maximum atomic E-state index is 13.0. The first kappa shape index (κ1) is 19.0. The van der Waals surface area contributed by atoms with Crippen molar-refractivity contribution in [2.24, 2.45) is 0 Å². The summed E-state index contributed by atoms with van der Waals surface area (Å²) in [6.07, 6.45) is -4.78. The summed E-state index contributed by atoms with van der Waals surface area (Å²) in [5, 5.41) is 11.1. The predicted octanol–water partition coefficient (Wildman–Crippen LogP) is 2.41. The van der Waals surface area contributed by atoms with Crippen LogP contribution in [0.25, 0.3) is 0 Å². The van der Waals surface area contributed by atoms with Crippen molar-refractivity contribution >= 4 is 11.9 Å². The van der Waals surface area contributed by atoms with Crippen LogP contribution in [0.2, 0.25) is 0 Å². The zero-order valence-corrected chi connectivity index (χ0v) is 12.7. The molecule has 0 aromatic heterocycles. The quantitative estimate of drug-likeness (QED) is 0.803. The Hall–Kier alpha value is -2.09. The molecular formula is C15H18F3NO4. The van der Waals surface area contributed by atoms with Crippen LogP contribution in [0.15, 0.2) is 24.3 Å². The van der Waals surface area contributed by atoms with Crippen molar-refractivity contribution in [2.75, 3.05) is 13.7 Å². The fraction of sp³-hybridized carbons (Fsp3) is 0.467. The van der Waals surface area contributed by atoms with Gasteiger partial charge in [0.15, 0.2) is 6.04 Å². The number of benzene rings is 1. The maximum Gasteiger partial charge on any atom is 0.416 e. The fourth-order valence-corrected chi connectivity index (χ4v) is 2.17. The highest BCUT2D eigenvalue weighted by atomic mass is 19.4. The summed E-state index contributed by atoms with van der Waals surface area (Å²) >= 11 is 0. The second-order valence-corrected chi connectivity index (χ2v) is 5.10. The molecular weight excluding hydrogens is 315 g/mol. The molecule has 0 heterocycles. The lowest BCUT2D eigenvalue weighted by molar-refractivity contribution is -0.143. The number of carboxylic acid groups (broad SMARTS) is 1. The molecule has 0 spiro atoms. The first-order valence-electron chi connectivity index (χ1n) is 6.84. The monoisotopic (exact) mass is 333 g/mol. The van der Waals surface area contributed by atoms with Crippen molar-refractivity contribution in [3.05, 3.63) is 35.4 Å². The number of aliphatic carboxylic acids is 1. The third-order valence-corrected chi connectivity index (χ3v) is 3.26. The lowest BCUT2D eigenvalue weighted by Crippen LogP contribution is -2.44. The summed E-state index contributed by atoms with van der Waals surface area (Å²) < 4.78 is 43.6. The highest BCUT2D eigenvalue weighted by Gasteiger charge is 2.34. The number of hydrogen-bond donors (Lipinski definition) is 2. The minimum absolute atomic E-state index is 0.00577. The van der Waals surface area contributed by atoms with Gasteiger partial charge in [0, 0.05) is 13.5 Å². The van der Waals surface area contributed by atoms with Gasteiger partial charge < -0.3 is 15.2 Å². The smallest absolute Gasteiger partial charge is 0.416 e. The minimum atomic E-state index is -4.51. The molecule has 1 rings (SSSR count). The Kier molecular flexibility index (Phi) is 6.56. The molecule has 0 saturated heterocycles. The van der Waals surface area contributed by atoms with E-state index in [0.717, 1.165) is 6.07 Å². The first-order valence-corrected chi connectivity index (χ1v) is 6.84. The van der Waals surface area contributed by atoms with Gasteiger partial charge in [-0.3, -0.25) is 4.79 Å². The SMILES string of the molecule is COCC(NC(=O)CC(C)c1ccccc1C(F)(F)F)C(=O)O. The van der Waals surface area contributed by atoms with Gasteiger partial charge in [-0.25, -0.2) is 4.79 Å². The Labute approximate surface area is 131 Å². The van der Waals surface area contributed by atoms with Crippen LogP contribution in [-0.4, -0.2) is 36.7 Å². The fourth-order valence-electron chi connectivity index (χ4n) is 2.17. The summed E-state index contributed by atoms with van der Waals surface area (Å²) in [4.78, 5) is 22.8. The third-order valence-electron chi connectivity index (χ3n) is 3.26. The Morgan fingerprint density at radius 1 is 1.30 bits per heavy atom. The van der Waals surface area contributed by atoms with Crippen LogP contribution < -0.4 is 5.32 Å². The summed E-state index contributed by atoms with van der Waals surface area (Å²) in [6, 6.07) is 3.76. The van der Waals surface area contributed by atoms with Gasteiger partial charge >= 0.3 is 12.1 Å². The first-order chi connectivity index (χ1) is 10.7. The van der Waals surface area contributed by atoms with E-state index in [0.29, 0.717) is 0 Å². The van der Waals surface area contributed by atoms with Crippen molar-refractivity contribution in [2.45, 2.75) is 31.5 Å². The van der Waals surface area contributed by atoms with Crippen LogP contribution in [0.4, 0.5) is 13.2 Å². The van der Waals surface area contributed by atoms with Gasteiger partial charge in [-0.2, -0.15) is 13.2 Å². The van der Waals surface area contributed by atoms with Crippen LogP contribution in [0, 0.1) is 0 Å². The van der Waals surface area contributed by atoms with Crippen molar-refractivity contribution in [3.8, 4) is 0 Å². The molecule has 23 heavy (non-hydrogen) atoms. The number of carboxylic acids is 1. The Balaban J connectivity index is 2.82. The molecule has 1 aromatic rings. The molecule has 1 aromatic carbocycles.